The number of nitrogens with one attached hydrogen (secondary N) is 1. The molecule has 0 aliphatic carbocycles. The molecule has 0 bridgehead atoms. The molecule has 0 fully saturated rings. The molecule has 1 rings (SSSR count). The van der Waals surface area contributed by atoms with E-state index >= 15 is 0 Å². The van der Waals surface area contributed by atoms with Gasteiger partial charge in [-0.1, -0.05) is 11.6 Å². The first kappa shape index (κ1) is 10.3. The average molecular weight is 200 g/mol. The van der Waals surface area contributed by atoms with Crippen LogP contribution in [-0.2, 0) is 0 Å². The van der Waals surface area contributed by atoms with Gasteiger partial charge in [-0.2, -0.15) is 0 Å². The van der Waals surface area contributed by atoms with Gasteiger partial charge in [-0.25, -0.2) is 4.98 Å². The van der Waals surface area contributed by atoms with Crippen molar-refractivity contribution in [3.8, 4) is 0 Å². The van der Waals surface area contributed by atoms with Gasteiger partial charge in [-0.3, -0.25) is 0 Å². The molecule has 1 aromatic rings. The number of rotatable bonds is 3. The highest BCUT2D eigenvalue weighted by atomic mass is 35.5. The molecule has 72 valence electrons. The molecule has 13 heavy (non-hydrogen) atoms. The van der Waals surface area contributed by atoms with Crippen LogP contribution in [0.5, 0.6) is 0 Å². The topological polar surface area (TPSA) is 50.9 Å². The molecule has 0 aliphatic rings. The van der Waals surface area contributed by atoms with Crippen molar-refractivity contribution in [2.75, 3.05) is 5.32 Å². The molecular weight excluding hydrogens is 186 g/mol. The normalized spacial score (nSPS) is 15.1. The Kier molecular flexibility index (Phi) is 3.51. The number of pyridine rings is 1. The monoisotopic (exact) mass is 199 g/mol. The first-order valence-corrected chi connectivity index (χ1v) is 4.61. The number of aromatic nitrogens is 1. The number of nitrogens with zero attached hydrogens (tertiary/aromatic N) is 1. The lowest BCUT2D eigenvalue weighted by molar-refractivity contribution is 0.636. The number of halogens is 1. The summed E-state index contributed by atoms with van der Waals surface area (Å²) in [6.45, 7) is 3.97. The van der Waals surface area contributed by atoms with E-state index < -0.39 is 0 Å². The van der Waals surface area contributed by atoms with Crippen LogP contribution in [0, 0.1) is 0 Å². The second-order valence-electron chi connectivity index (χ2n) is 3.15. The number of hydrogen-bond donors (Lipinski definition) is 2. The molecule has 0 aromatic carbocycles. The highest BCUT2D eigenvalue weighted by Gasteiger charge is 2.06. The van der Waals surface area contributed by atoms with Gasteiger partial charge in [0.1, 0.15) is 5.82 Å². The lowest BCUT2D eigenvalue weighted by atomic mass is 10.2. The van der Waals surface area contributed by atoms with E-state index in [1.807, 2.05) is 19.9 Å². The fraction of sp³-hybridized carbons (Fsp3) is 0.444. The van der Waals surface area contributed by atoms with E-state index in [2.05, 4.69) is 10.3 Å². The van der Waals surface area contributed by atoms with E-state index in [1.54, 1.807) is 12.3 Å². The summed E-state index contributed by atoms with van der Waals surface area (Å²) < 4.78 is 0. The molecule has 3 N–H and O–H groups in total. The van der Waals surface area contributed by atoms with Crippen LogP contribution in [0.15, 0.2) is 18.3 Å². The molecule has 2 atom stereocenters. The number of nitrogens with two attached hydrogens (primary N) is 1. The second kappa shape index (κ2) is 4.44. The number of anilines is 1. The molecule has 1 heterocycles. The third-order valence-electron chi connectivity index (χ3n) is 1.89. The summed E-state index contributed by atoms with van der Waals surface area (Å²) in [6.07, 6.45) is 1.61. The molecule has 1 aromatic heterocycles. The molecule has 3 nitrogen and oxygen atoms in total. The van der Waals surface area contributed by atoms with Gasteiger partial charge in [0.05, 0.1) is 5.02 Å². The summed E-state index contributed by atoms with van der Waals surface area (Å²) in [5, 5.41) is 3.81. The standard InChI is InChI=1S/C9H14ClN3/c1-6(11)7(2)13-9-4-3-8(10)5-12-9/h3-7H,11H2,1-2H3,(H,12,13). The lowest BCUT2D eigenvalue weighted by Gasteiger charge is -2.17. The van der Waals surface area contributed by atoms with E-state index in [9.17, 15) is 0 Å². The van der Waals surface area contributed by atoms with Crippen LogP contribution >= 0.6 is 11.6 Å². The van der Waals surface area contributed by atoms with E-state index in [0.29, 0.717) is 5.02 Å². The van der Waals surface area contributed by atoms with Crippen LogP contribution in [0.1, 0.15) is 13.8 Å². The second-order valence-corrected chi connectivity index (χ2v) is 3.59. The minimum absolute atomic E-state index is 0.0949. The van der Waals surface area contributed by atoms with E-state index in [1.165, 1.54) is 0 Å². The highest BCUT2D eigenvalue weighted by Crippen LogP contribution is 2.10. The Balaban J connectivity index is 2.59. The van der Waals surface area contributed by atoms with Crippen LogP contribution in [0.25, 0.3) is 0 Å². The van der Waals surface area contributed by atoms with Crippen molar-refractivity contribution in [2.24, 2.45) is 5.73 Å². The molecule has 0 amide bonds. The molecule has 0 spiro atoms. The summed E-state index contributed by atoms with van der Waals surface area (Å²) in [5.74, 6) is 0.800. The fourth-order valence-corrected chi connectivity index (χ4v) is 0.938. The van der Waals surface area contributed by atoms with Crippen molar-refractivity contribution in [3.63, 3.8) is 0 Å². The average Bonchev–Trinajstić information content (AvgIpc) is 2.08. The highest BCUT2D eigenvalue weighted by molar-refractivity contribution is 6.30. The summed E-state index contributed by atoms with van der Waals surface area (Å²) in [4.78, 5) is 4.10. The van der Waals surface area contributed by atoms with Crippen molar-refractivity contribution in [1.82, 2.24) is 4.98 Å². The van der Waals surface area contributed by atoms with Gasteiger partial charge in [0.2, 0.25) is 0 Å². The quantitative estimate of drug-likeness (QED) is 0.782. The zero-order valence-electron chi connectivity index (χ0n) is 7.79. The Morgan fingerprint density at radius 1 is 1.46 bits per heavy atom. The van der Waals surface area contributed by atoms with Gasteiger partial charge >= 0.3 is 0 Å². The Bertz CT molecular complexity index is 258. The Morgan fingerprint density at radius 3 is 2.62 bits per heavy atom. The van der Waals surface area contributed by atoms with Gasteiger partial charge in [-0.05, 0) is 26.0 Å². The van der Waals surface area contributed by atoms with Crippen LogP contribution in [0.2, 0.25) is 5.02 Å². The first-order chi connectivity index (χ1) is 6.09. The zero-order chi connectivity index (χ0) is 9.84. The fourth-order valence-electron chi connectivity index (χ4n) is 0.826. The molecular formula is C9H14ClN3. The molecule has 4 heteroatoms. The minimum atomic E-state index is 0.0949. The van der Waals surface area contributed by atoms with E-state index in [-0.39, 0.29) is 12.1 Å². The Morgan fingerprint density at radius 2 is 2.15 bits per heavy atom. The van der Waals surface area contributed by atoms with Crippen LogP contribution in [0.4, 0.5) is 5.82 Å². The van der Waals surface area contributed by atoms with Crippen molar-refractivity contribution < 1.29 is 0 Å². The maximum atomic E-state index is 5.70. The Labute approximate surface area is 83.3 Å². The largest absolute Gasteiger partial charge is 0.366 e. The van der Waals surface area contributed by atoms with Gasteiger partial charge in [-0.15, -0.1) is 0 Å². The molecule has 0 aliphatic heterocycles. The van der Waals surface area contributed by atoms with Crippen LogP contribution in [0.3, 0.4) is 0 Å². The van der Waals surface area contributed by atoms with E-state index in [0.717, 1.165) is 5.82 Å². The van der Waals surface area contributed by atoms with Crippen LogP contribution in [-0.4, -0.2) is 17.1 Å². The molecule has 0 saturated heterocycles. The van der Waals surface area contributed by atoms with E-state index in [4.69, 9.17) is 17.3 Å². The Hall–Kier alpha value is -0.800. The minimum Gasteiger partial charge on any atom is -0.366 e. The van der Waals surface area contributed by atoms with Crippen molar-refractivity contribution in [3.05, 3.63) is 23.4 Å². The summed E-state index contributed by atoms with van der Waals surface area (Å²) in [7, 11) is 0. The third kappa shape index (κ3) is 3.20. The molecule has 0 saturated carbocycles. The summed E-state index contributed by atoms with van der Waals surface area (Å²) in [5.41, 5.74) is 5.70. The predicted molar refractivity (Wildman–Crippen MR) is 56.0 cm³/mol. The van der Waals surface area contributed by atoms with Gasteiger partial charge in [0.15, 0.2) is 0 Å². The van der Waals surface area contributed by atoms with Crippen LogP contribution < -0.4 is 11.1 Å². The SMILES string of the molecule is CC(N)C(C)Nc1ccc(Cl)cn1. The summed E-state index contributed by atoms with van der Waals surface area (Å²) in [6, 6.07) is 3.93. The zero-order valence-corrected chi connectivity index (χ0v) is 8.55. The van der Waals surface area contributed by atoms with Crippen molar-refractivity contribution in [1.29, 1.82) is 0 Å². The predicted octanol–water partition coefficient (Wildman–Crippen LogP) is 1.88. The third-order valence-corrected chi connectivity index (χ3v) is 2.12. The molecule has 0 radical (unpaired) electrons. The van der Waals surface area contributed by atoms with Gasteiger partial charge in [0.25, 0.3) is 0 Å². The van der Waals surface area contributed by atoms with Crippen molar-refractivity contribution in [2.45, 2.75) is 25.9 Å². The maximum absolute atomic E-state index is 5.70. The number of hydrogen-bond acceptors (Lipinski definition) is 3. The van der Waals surface area contributed by atoms with Gasteiger partial charge < -0.3 is 11.1 Å². The first-order valence-electron chi connectivity index (χ1n) is 4.23. The molecule has 2 unspecified atom stereocenters. The lowest BCUT2D eigenvalue weighted by Crippen LogP contribution is -2.35. The summed E-state index contributed by atoms with van der Waals surface area (Å²) >= 11 is 5.70. The smallest absolute Gasteiger partial charge is 0.126 e. The van der Waals surface area contributed by atoms with Crippen molar-refractivity contribution >= 4 is 17.4 Å². The van der Waals surface area contributed by atoms with Gasteiger partial charge in [0, 0.05) is 18.3 Å². The maximum Gasteiger partial charge on any atom is 0.126 e.